The van der Waals surface area contributed by atoms with Crippen LogP contribution in [-0.4, -0.2) is 15.8 Å². The Labute approximate surface area is 74.7 Å². The van der Waals surface area contributed by atoms with Gasteiger partial charge in [-0.3, -0.25) is 4.68 Å². The Hall–Kier alpha value is -0.350. The molecule has 1 aromatic rings. The molecule has 0 bridgehead atoms. The topological polar surface area (TPSA) is 43.8 Å². The van der Waals surface area contributed by atoms with Crippen LogP contribution in [0.25, 0.3) is 0 Å². The molecule has 0 aliphatic heterocycles. The quantitative estimate of drug-likeness (QED) is 0.813. The van der Waals surface area contributed by atoms with Crippen molar-refractivity contribution < 1.29 is 0 Å². The Bertz CT molecular complexity index is 242. The molecule has 0 saturated heterocycles. The van der Waals surface area contributed by atoms with E-state index in [4.69, 9.17) is 5.73 Å². The van der Waals surface area contributed by atoms with Gasteiger partial charge in [0.25, 0.3) is 0 Å². The smallest absolute Gasteiger partial charge is 0.0635 e. The van der Waals surface area contributed by atoms with Crippen molar-refractivity contribution in [3.8, 4) is 0 Å². The molecule has 1 rings (SSSR count). The summed E-state index contributed by atoms with van der Waals surface area (Å²) in [5.74, 6) is 0. The number of halogens is 1. The van der Waals surface area contributed by atoms with Crippen molar-refractivity contribution in [2.75, 3.05) is 0 Å². The van der Waals surface area contributed by atoms with E-state index in [0.29, 0.717) is 0 Å². The molecule has 2 N–H and O–H groups in total. The number of nitrogens with zero attached hydrogens (tertiary/aromatic N) is 2. The van der Waals surface area contributed by atoms with Crippen LogP contribution in [-0.2, 0) is 6.54 Å². The minimum Gasteiger partial charge on any atom is -0.326 e. The molecular weight excluding hydrogens is 206 g/mol. The van der Waals surface area contributed by atoms with Gasteiger partial charge in [0.2, 0.25) is 0 Å². The number of hydrogen-bond acceptors (Lipinski definition) is 2. The largest absolute Gasteiger partial charge is 0.326 e. The first-order valence-electron chi connectivity index (χ1n) is 3.54. The van der Waals surface area contributed by atoms with Crippen molar-refractivity contribution in [2.45, 2.75) is 26.4 Å². The maximum atomic E-state index is 5.63. The van der Waals surface area contributed by atoms with Crippen molar-refractivity contribution in [2.24, 2.45) is 5.73 Å². The summed E-state index contributed by atoms with van der Waals surface area (Å²) in [4.78, 5) is 0. The zero-order chi connectivity index (χ0) is 8.43. The molecule has 0 radical (unpaired) electrons. The first-order chi connectivity index (χ1) is 5.11. The second kappa shape index (κ2) is 3.36. The van der Waals surface area contributed by atoms with Crippen LogP contribution >= 0.6 is 15.9 Å². The van der Waals surface area contributed by atoms with Crippen molar-refractivity contribution in [1.29, 1.82) is 0 Å². The summed E-state index contributed by atoms with van der Waals surface area (Å²) >= 11 is 3.38. The van der Waals surface area contributed by atoms with Gasteiger partial charge in [-0.2, -0.15) is 5.10 Å². The van der Waals surface area contributed by atoms with Gasteiger partial charge in [0.15, 0.2) is 0 Å². The van der Waals surface area contributed by atoms with Gasteiger partial charge in [0.1, 0.15) is 0 Å². The fourth-order valence-corrected chi connectivity index (χ4v) is 1.18. The molecule has 11 heavy (non-hydrogen) atoms. The van der Waals surface area contributed by atoms with E-state index in [1.165, 1.54) is 0 Å². The second-order valence-electron chi connectivity index (χ2n) is 2.74. The second-order valence-corrected chi connectivity index (χ2v) is 3.59. The summed E-state index contributed by atoms with van der Waals surface area (Å²) < 4.78 is 2.94. The highest BCUT2D eigenvalue weighted by atomic mass is 79.9. The van der Waals surface area contributed by atoms with Gasteiger partial charge in [-0.1, -0.05) is 0 Å². The predicted octanol–water partition coefficient (Wildman–Crippen LogP) is 1.30. The summed E-state index contributed by atoms with van der Waals surface area (Å²) in [7, 11) is 0. The van der Waals surface area contributed by atoms with Gasteiger partial charge >= 0.3 is 0 Å². The molecule has 0 aromatic carbocycles. The summed E-state index contributed by atoms with van der Waals surface area (Å²) in [5, 5.41) is 4.15. The predicted molar refractivity (Wildman–Crippen MR) is 48.3 cm³/mol. The zero-order valence-electron chi connectivity index (χ0n) is 6.71. The van der Waals surface area contributed by atoms with Crippen LogP contribution in [0.15, 0.2) is 10.7 Å². The van der Waals surface area contributed by atoms with Gasteiger partial charge in [-0.05, 0) is 29.8 Å². The van der Waals surface area contributed by atoms with Gasteiger partial charge < -0.3 is 5.73 Å². The van der Waals surface area contributed by atoms with E-state index < -0.39 is 0 Å². The molecular formula is C7H12BrN3. The summed E-state index contributed by atoms with van der Waals surface area (Å²) in [6.45, 7) is 4.76. The molecule has 1 aromatic heterocycles. The summed E-state index contributed by atoms with van der Waals surface area (Å²) in [6, 6.07) is 0.153. The Morgan fingerprint density at radius 3 is 2.82 bits per heavy atom. The van der Waals surface area contributed by atoms with E-state index in [1.54, 1.807) is 6.20 Å². The molecule has 3 nitrogen and oxygen atoms in total. The van der Waals surface area contributed by atoms with Crippen molar-refractivity contribution in [3.63, 3.8) is 0 Å². The molecule has 1 unspecified atom stereocenters. The first kappa shape index (κ1) is 8.74. The standard InChI is InChI=1S/C7H12BrN3/c1-5(9)4-11-6(2)7(8)3-10-11/h3,5H,4,9H2,1-2H3. The van der Waals surface area contributed by atoms with Crippen LogP contribution in [0.4, 0.5) is 0 Å². The zero-order valence-corrected chi connectivity index (χ0v) is 8.30. The first-order valence-corrected chi connectivity index (χ1v) is 4.34. The van der Waals surface area contributed by atoms with Crippen LogP contribution in [0.5, 0.6) is 0 Å². The number of aromatic nitrogens is 2. The molecule has 62 valence electrons. The molecule has 0 spiro atoms. The Morgan fingerprint density at radius 1 is 1.82 bits per heavy atom. The monoisotopic (exact) mass is 217 g/mol. The van der Waals surface area contributed by atoms with Crippen molar-refractivity contribution in [1.82, 2.24) is 9.78 Å². The van der Waals surface area contributed by atoms with E-state index in [2.05, 4.69) is 21.0 Å². The average molecular weight is 218 g/mol. The van der Waals surface area contributed by atoms with Gasteiger partial charge in [0, 0.05) is 11.7 Å². The van der Waals surface area contributed by atoms with E-state index in [9.17, 15) is 0 Å². The lowest BCUT2D eigenvalue weighted by molar-refractivity contribution is 0.527. The lowest BCUT2D eigenvalue weighted by atomic mass is 10.3. The molecule has 0 saturated carbocycles. The third-order valence-electron chi connectivity index (χ3n) is 1.50. The van der Waals surface area contributed by atoms with Crippen LogP contribution < -0.4 is 5.73 Å². The third kappa shape index (κ3) is 2.04. The fourth-order valence-electron chi connectivity index (χ4n) is 0.881. The molecule has 1 heterocycles. The minimum absolute atomic E-state index is 0.153. The Morgan fingerprint density at radius 2 is 2.45 bits per heavy atom. The van der Waals surface area contributed by atoms with Crippen molar-refractivity contribution in [3.05, 3.63) is 16.4 Å². The fraction of sp³-hybridized carbons (Fsp3) is 0.571. The van der Waals surface area contributed by atoms with Crippen molar-refractivity contribution >= 4 is 15.9 Å². The SMILES string of the molecule is Cc1c(Br)cnn1CC(C)N. The van der Waals surface area contributed by atoms with Crippen LogP contribution in [0, 0.1) is 6.92 Å². The number of nitrogens with two attached hydrogens (primary N) is 1. The molecule has 0 aliphatic carbocycles. The normalized spacial score (nSPS) is 13.5. The van der Waals surface area contributed by atoms with E-state index in [1.807, 2.05) is 18.5 Å². The van der Waals surface area contributed by atoms with E-state index in [0.717, 1.165) is 16.7 Å². The molecule has 0 aliphatic rings. The van der Waals surface area contributed by atoms with Crippen LogP contribution in [0.1, 0.15) is 12.6 Å². The van der Waals surface area contributed by atoms with Gasteiger partial charge in [0.05, 0.1) is 17.2 Å². The lowest BCUT2D eigenvalue weighted by Gasteiger charge is -2.06. The number of rotatable bonds is 2. The average Bonchev–Trinajstić information content (AvgIpc) is 2.18. The highest BCUT2D eigenvalue weighted by Gasteiger charge is 2.04. The third-order valence-corrected chi connectivity index (χ3v) is 2.28. The minimum atomic E-state index is 0.153. The van der Waals surface area contributed by atoms with E-state index in [-0.39, 0.29) is 6.04 Å². The maximum absolute atomic E-state index is 5.63. The summed E-state index contributed by atoms with van der Waals surface area (Å²) in [5.41, 5.74) is 6.75. The lowest BCUT2D eigenvalue weighted by Crippen LogP contribution is -2.23. The number of hydrogen-bond donors (Lipinski definition) is 1. The summed E-state index contributed by atoms with van der Waals surface area (Å²) in [6.07, 6.45) is 1.79. The molecule has 4 heteroatoms. The highest BCUT2D eigenvalue weighted by Crippen LogP contribution is 2.13. The Kier molecular flexibility index (Phi) is 2.67. The van der Waals surface area contributed by atoms with Gasteiger partial charge in [-0.25, -0.2) is 0 Å². The molecule has 0 fully saturated rings. The molecule has 0 amide bonds. The maximum Gasteiger partial charge on any atom is 0.0635 e. The highest BCUT2D eigenvalue weighted by molar-refractivity contribution is 9.10. The Balaban J connectivity index is 2.79. The molecule has 1 atom stereocenters. The van der Waals surface area contributed by atoms with Crippen LogP contribution in [0.2, 0.25) is 0 Å². The van der Waals surface area contributed by atoms with Crippen LogP contribution in [0.3, 0.4) is 0 Å². The van der Waals surface area contributed by atoms with Gasteiger partial charge in [-0.15, -0.1) is 0 Å². The van der Waals surface area contributed by atoms with E-state index >= 15 is 0 Å².